The zero-order chi connectivity index (χ0) is 16.9. The summed E-state index contributed by atoms with van der Waals surface area (Å²) in [5.74, 6) is 0.397. The van der Waals surface area contributed by atoms with Crippen LogP contribution < -0.4 is 16.2 Å². The predicted octanol–water partition coefficient (Wildman–Crippen LogP) is 1.64. The maximum atomic E-state index is 11.6. The van der Waals surface area contributed by atoms with E-state index in [1.165, 1.54) is 17.2 Å². The van der Waals surface area contributed by atoms with E-state index >= 15 is 0 Å². The Balaban J connectivity index is 1.63. The van der Waals surface area contributed by atoms with Gasteiger partial charge < -0.3 is 10.6 Å². The van der Waals surface area contributed by atoms with Crippen LogP contribution in [0.1, 0.15) is 11.1 Å². The Morgan fingerprint density at radius 3 is 2.83 bits per heavy atom. The number of aromatic amines is 1. The standard InChI is InChI=1S/C18H20N4O2/c1-2-7-19-18(24)20-11-12-8-13-3-4-14(10-15(13)9-12)16-5-6-17(23)22-21-16/h2-6,10,12H,1,7-9,11H2,(H,22,23)(H2,19,20,24). The predicted molar refractivity (Wildman–Crippen MR) is 92.8 cm³/mol. The van der Waals surface area contributed by atoms with Crippen LogP contribution in [0.3, 0.4) is 0 Å². The van der Waals surface area contributed by atoms with Gasteiger partial charge in [0.25, 0.3) is 5.56 Å². The fraction of sp³-hybridized carbons (Fsp3) is 0.278. The molecule has 1 aromatic carbocycles. The molecule has 0 aliphatic heterocycles. The van der Waals surface area contributed by atoms with Crippen molar-refractivity contribution in [3.63, 3.8) is 0 Å². The van der Waals surface area contributed by atoms with Crippen molar-refractivity contribution < 1.29 is 4.79 Å². The van der Waals surface area contributed by atoms with Crippen LogP contribution in [-0.4, -0.2) is 29.3 Å². The second-order valence-corrected chi connectivity index (χ2v) is 5.94. The number of urea groups is 1. The molecule has 0 spiro atoms. The van der Waals surface area contributed by atoms with Gasteiger partial charge in [0.1, 0.15) is 0 Å². The van der Waals surface area contributed by atoms with Crippen molar-refractivity contribution in [3.8, 4) is 11.3 Å². The second kappa shape index (κ2) is 7.12. The van der Waals surface area contributed by atoms with Crippen molar-refractivity contribution >= 4 is 6.03 Å². The molecular formula is C18H20N4O2. The third kappa shape index (κ3) is 3.71. The summed E-state index contributed by atoms with van der Waals surface area (Å²) in [6.45, 7) is 4.68. The van der Waals surface area contributed by atoms with Crippen LogP contribution >= 0.6 is 0 Å². The number of nitrogens with one attached hydrogen (secondary N) is 3. The quantitative estimate of drug-likeness (QED) is 0.731. The number of benzene rings is 1. The number of hydrogen-bond donors (Lipinski definition) is 3. The molecule has 1 heterocycles. The molecule has 1 aliphatic rings. The first-order chi connectivity index (χ1) is 11.7. The number of fused-ring (bicyclic) bond motifs is 1. The molecule has 0 saturated heterocycles. The van der Waals surface area contributed by atoms with Crippen molar-refractivity contribution in [1.29, 1.82) is 0 Å². The Morgan fingerprint density at radius 2 is 2.08 bits per heavy atom. The molecule has 1 unspecified atom stereocenters. The smallest absolute Gasteiger partial charge is 0.315 e. The summed E-state index contributed by atoms with van der Waals surface area (Å²) in [6.07, 6.45) is 3.53. The van der Waals surface area contributed by atoms with E-state index in [2.05, 4.69) is 39.5 Å². The second-order valence-electron chi connectivity index (χ2n) is 5.94. The molecule has 6 nitrogen and oxygen atoms in total. The van der Waals surface area contributed by atoms with Gasteiger partial charge in [0.15, 0.2) is 0 Å². The zero-order valence-electron chi connectivity index (χ0n) is 13.3. The normalized spacial score (nSPS) is 15.6. The zero-order valence-corrected chi connectivity index (χ0v) is 13.3. The van der Waals surface area contributed by atoms with E-state index in [-0.39, 0.29) is 11.6 Å². The van der Waals surface area contributed by atoms with Crippen molar-refractivity contribution in [2.24, 2.45) is 5.92 Å². The lowest BCUT2D eigenvalue weighted by molar-refractivity contribution is 0.240. The van der Waals surface area contributed by atoms with Crippen LogP contribution in [-0.2, 0) is 12.8 Å². The van der Waals surface area contributed by atoms with Crippen molar-refractivity contribution in [1.82, 2.24) is 20.8 Å². The largest absolute Gasteiger partial charge is 0.338 e. The summed E-state index contributed by atoms with van der Waals surface area (Å²) in [7, 11) is 0. The molecule has 124 valence electrons. The topological polar surface area (TPSA) is 86.9 Å². The first kappa shape index (κ1) is 16.0. The fourth-order valence-corrected chi connectivity index (χ4v) is 2.98. The Morgan fingerprint density at radius 1 is 1.25 bits per heavy atom. The van der Waals surface area contributed by atoms with Gasteiger partial charge in [0.2, 0.25) is 0 Å². The molecule has 6 heteroatoms. The van der Waals surface area contributed by atoms with E-state index in [1.54, 1.807) is 12.1 Å². The van der Waals surface area contributed by atoms with E-state index in [0.717, 1.165) is 24.1 Å². The molecule has 0 radical (unpaired) electrons. The average molecular weight is 324 g/mol. The minimum atomic E-state index is -0.208. The van der Waals surface area contributed by atoms with Crippen LogP contribution in [0.15, 0.2) is 47.8 Å². The lowest BCUT2D eigenvalue weighted by atomic mass is 10.0. The number of H-pyrrole nitrogens is 1. The summed E-state index contributed by atoms with van der Waals surface area (Å²) in [5.41, 5.74) is 4.12. The molecule has 2 amide bonds. The highest BCUT2D eigenvalue weighted by atomic mass is 16.2. The molecule has 0 fully saturated rings. The van der Waals surface area contributed by atoms with Crippen molar-refractivity contribution in [2.45, 2.75) is 12.8 Å². The van der Waals surface area contributed by atoms with Crippen LogP contribution in [0, 0.1) is 5.92 Å². The maximum absolute atomic E-state index is 11.6. The highest BCUT2D eigenvalue weighted by Crippen LogP contribution is 2.29. The van der Waals surface area contributed by atoms with E-state index in [4.69, 9.17) is 0 Å². The molecule has 1 atom stereocenters. The monoisotopic (exact) mass is 324 g/mol. The molecule has 1 aliphatic carbocycles. The Bertz CT molecular complexity index is 792. The minimum Gasteiger partial charge on any atom is -0.338 e. The molecular weight excluding hydrogens is 304 g/mol. The van der Waals surface area contributed by atoms with Gasteiger partial charge in [-0.3, -0.25) is 4.79 Å². The van der Waals surface area contributed by atoms with E-state index in [0.29, 0.717) is 19.0 Å². The van der Waals surface area contributed by atoms with Gasteiger partial charge in [-0.25, -0.2) is 9.89 Å². The van der Waals surface area contributed by atoms with Crippen LogP contribution in [0.2, 0.25) is 0 Å². The maximum Gasteiger partial charge on any atom is 0.315 e. The number of nitrogens with zero attached hydrogens (tertiary/aromatic N) is 1. The average Bonchev–Trinajstić information content (AvgIpc) is 3.01. The minimum absolute atomic E-state index is 0.163. The SMILES string of the molecule is C=CCNC(=O)NCC1Cc2ccc(-c3ccc(=O)[nH]n3)cc2C1. The molecule has 1 aromatic heterocycles. The Labute approximate surface area is 140 Å². The fourth-order valence-electron chi connectivity index (χ4n) is 2.98. The molecule has 3 N–H and O–H groups in total. The first-order valence-electron chi connectivity index (χ1n) is 7.96. The summed E-state index contributed by atoms with van der Waals surface area (Å²) < 4.78 is 0. The lowest BCUT2D eigenvalue weighted by Gasteiger charge is -2.10. The summed E-state index contributed by atoms with van der Waals surface area (Å²) in [5, 5.41) is 12.1. The molecule has 3 rings (SSSR count). The third-order valence-corrected chi connectivity index (χ3v) is 4.16. The molecule has 2 aromatic rings. The summed E-state index contributed by atoms with van der Waals surface area (Å²) in [4.78, 5) is 22.7. The van der Waals surface area contributed by atoms with Gasteiger partial charge in [-0.15, -0.1) is 6.58 Å². The molecule has 0 bridgehead atoms. The summed E-state index contributed by atoms with van der Waals surface area (Å²) >= 11 is 0. The van der Waals surface area contributed by atoms with E-state index in [9.17, 15) is 9.59 Å². The molecule has 0 saturated carbocycles. The van der Waals surface area contributed by atoms with Gasteiger partial charge in [0.05, 0.1) is 5.69 Å². The Hall–Kier alpha value is -2.89. The van der Waals surface area contributed by atoms with Gasteiger partial charge >= 0.3 is 6.03 Å². The number of carbonyl (C=O) groups is 1. The highest BCUT2D eigenvalue weighted by Gasteiger charge is 2.22. The van der Waals surface area contributed by atoms with E-state index < -0.39 is 0 Å². The number of amides is 2. The number of carbonyl (C=O) groups excluding carboxylic acids is 1. The van der Waals surface area contributed by atoms with Crippen molar-refractivity contribution in [2.75, 3.05) is 13.1 Å². The first-order valence-corrected chi connectivity index (χ1v) is 7.96. The van der Waals surface area contributed by atoms with Gasteiger partial charge in [-0.2, -0.15) is 5.10 Å². The van der Waals surface area contributed by atoms with Gasteiger partial charge in [-0.05, 0) is 42.0 Å². The van der Waals surface area contributed by atoms with Crippen LogP contribution in [0.5, 0.6) is 0 Å². The number of rotatable bonds is 5. The van der Waals surface area contributed by atoms with Crippen molar-refractivity contribution in [3.05, 3.63) is 64.5 Å². The van der Waals surface area contributed by atoms with Crippen LogP contribution in [0.4, 0.5) is 4.79 Å². The molecule has 24 heavy (non-hydrogen) atoms. The lowest BCUT2D eigenvalue weighted by Crippen LogP contribution is -2.38. The van der Waals surface area contributed by atoms with E-state index in [1.807, 2.05) is 6.07 Å². The number of hydrogen-bond acceptors (Lipinski definition) is 3. The number of aromatic nitrogens is 2. The van der Waals surface area contributed by atoms with Gasteiger partial charge in [0, 0.05) is 24.7 Å². The highest BCUT2D eigenvalue weighted by molar-refractivity contribution is 5.74. The Kier molecular flexibility index (Phi) is 4.74. The van der Waals surface area contributed by atoms with Crippen LogP contribution in [0.25, 0.3) is 11.3 Å². The third-order valence-electron chi connectivity index (χ3n) is 4.16. The van der Waals surface area contributed by atoms with Gasteiger partial charge in [-0.1, -0.05) is 18.2 Å². The summed E-state index contributed by atoms with van der Waals surface area (Å²) in [6, 6.07) is 9.28.